The third-order valence-corrected chi connectivity index (χ3v) is 3.51. The molecular formula is C13H18BrNO2. The second kappa shape index (κ2) is 6.38. The molecule has 1 aromatic rings. The lowest BCUT2D eigenvalue weighted by Crippen LogP contribution is -2.23. The van der Waals surface area contributed by atoms with Crippen molar-refractivity contribution in [1.29, 1.82) is 0 Å². The Bertz CT molecular complexity index is 342. The lowest BCUT2D eigenvalue weighted by molar-refractivity contribution is 0.0280. The second-order valence-corrected chi connectivity index (χ2v) is 5.11. The van der Waals surface area contributed by atoms with E-state index in [2.05, 4.69) is 45.1 Å². The van der Waals surface area contributed by atoms with Gasteiger partial charge in [-0.05, 0) is 30.7 Å². The van der Waals surface area contributed by atoms with E-state index in [1.54, 1.807) is 7.11 Å². The molecule has 0 amide bonds. The molecule has 0 N–H and O–H groups in total. The molecule has 0 bridgehead atoms. The molecule has 1 saturated heterocycles. The Kier molecular flexibility index (Phi) is 4.83. The highest BCUT2D eigenvalue weighted by Crippen LogP contribution is 2.23. The van der Waals surface area contributed by atoms with Gasteiger partial charge < -0.3 is 14.4 Å². The summed E-state index contributed by atoms with van der Waals surface area (Å²) >= 11 is 3.45. The van der Waals surface area contributed by atoms with Crippen molar-refractivity contribution in [3.8, 4) is 0 Å². The Balaban J connectivity index is 1.83. The van der Waals surface area contributed by atoms with E-state index in [-0.39, 0.29) is 0 Å². The maximum absolute atomic E-state index is 5.74. The molecule has 2 rings (SSSR count). The van der Waals surface area contributed by atoms with Crippen molar-refractivity contribution in [2.24, 2.45) is 0 Å². The largest absolute Gasteiger partial charge is 0.382 e. The van der Waals surface area contributed by atoms with Gasteiger partial charge in [-0.1, -0.05) is 15.9 Å². The van der Waals surface area contributed by atoms with Gasteiger partial charge in [0.1, 0.15) is 0 Å². The van der Waals surface area contributed by atoms with Gasteiger partial charge in [-0.15, -0.1) is 0 Å². The molecule has 17 heavy (non-hydrogen) atoms. The summed E-state index contributed by atoms with van der Waals surface area (Å²) < 4.78 is 11.8. The van der Waals surface area contributed by atoms with Gasteiger partial charge in [-0.3, -0.25) is 0 Å². The van der Waals surface area contributed by atoms with Crippen LogP contribution >= 0.6 is 15.9 Å². The predicted octanol–water partition coefficient (Wildman–Crippen LogP) is 2.69. The molecule has 1 aliphatic rings. The van der Waals surface area contributed by atoms with E-state index in [1.807, 2.05) is 0 Å². The molecule has 1 aliphatic heterocycles. The number of halogens is 1. The van der Waals surface area contributed by atoms with Crippen molar-refractivity contribution < 1.29 is 9.47 Å². The minimum Gasteiger partial charge on any atom is -0.382 e. The number of hydrogen-bond acceptors (Lipinski definition) is 3. The molecule has 1 atom stereocenters. The molecule has 1 unspecified atom stereocenters. The molecule has 0 saturated carbocycles. The lowest BCUT2D eigenvalue weighted by Gasteiger charge is -2.18. The normalized spacial score (nSPS) is 19.9. The van der Waals surface area contributed by atoms with Crippen LogP contribution in [0, 0.1) is 0 Å². The fourth-order valence-electron chi connectivity index (χ4n) is 2.05. The highest BCUT2D eigenvalue weighted by atomic mass is 79.9. The molecule has 0 radical (unpaired) electrons. The summed E-state index contributed by atoms with van der Waals surface area (Å²) in [5.41, 5.74) is 1.27. The summed E-state index contributed by atoms with van der Waals surface area (Å²) in [7, 11) is 1.70. The average molecular weight is 300 g/mol. The quantitative estimate of drug-likeness (QED) is 0.780. The van der Waals surface area contributed by atoms with Gasteiger partial charge in [0.25, 0.3) is 0 Å². The van der Waals surface area contributed by atoms with Gasteiger partial charge in [-0.2, -0.15) is 0 Å². The van der Waals surface area contributed by atoms with E-state index < -0.39 is 0 Å². The van der Waals surface area contributed by atoms with Crippen LogP contribution in [0.4, 0.5) is 5.69 Å². The first kappa shape index (κ1) is 12.9. The summed E-state index contributed by atoms with van der Waals surface area (Å²) in [5, 5.41) is 0. The second-order valence-electron chi connectivity index (χ2n) is 4.20. The van der Waals surface area contributed by atoms with Gasteiger partial charge in [0.15, 0.2) is 0 Å². The van der Waals surface area contributed by atoms with Crippen LogP contribution in [0.5, 0.6) is 0 Å². The molecular weight excluding hydrogens is 282 g/mol. The number of ether oxygens (including phenoxy) is 2. The summed E-state index contributed by atoms with van der Waals surface area (Å²) in [6.45, 7) is 3.41. The number of benzene rings is 1. The van der Waals surface area contributed by atoms with Crippen molar-refractivity contribution in [3.05, 3.63) is 28.7 Å². The fourth-order valence-corrected chi connectivity index (χ4v) is 2.31. The zero-order valence-corrected chi connectivity index (χ0v) is 11.6. The number of anilines is 1. The van der Waals surface area contributed by atoms with Crippen molar-refractivity contribution >= 4 is 21.6 Å². The van der Waals surface area contributed by atoms with Crippen LogP contribution in [-0.4, -0.2) is 39.5 Å². The van der Waals surface area contributed by atoms with Gasteiger partial charge in [0.05, 0.1) is 19.3 Å². The molecule has 1 fully saturated rings. The maximum atomic E-state index is 5.74. The minimum absolute atomic E-state index is 0.341. The summed E-state index contributed by atoms with van der Waals surface area (Å²) in [6.07, 6.45) is 1.44. The van der Waals surface area contributed by atoms with Gasteiger partial charge in [0, 0.05) is 30.4 Å². The van der Waals surface area contributed by atoms with Crippen molar-refractivity contribution in [3.63, 3.8) is 0 Å². The van der Waals surface area contributed by atoms with Crippen LogP contribution in [0.3, 0.4) is 0 Å². The van der Waals surface area contributed by atoms with E-state index in [0.717, 1.165) is 24.0 Å². The Morgan fingerprint density at radius 2 is 2.06 bits per heavy atom. The summed E-state index contributed by atoms with van der Waals surface area (Å²) in [6, 6.07) is 8.44. The zero-order valence-electron chi connectivity index (χ0n) is 10.1. The van der Waals surface area contributed by atoms with E-state index in [4.69, 9.17) is 9.47 Å². The van der Waals surface area contributed by atoms with Crippen molar-refractivity contribution in [1.82, 2.24) is 0 Å². The highest BCUT2D eigenvalue weighted by molar-refractivity contribution is 9.10. The molecule has 0 aromatic heterocycles. The minimum atomic E-state index is 0.341. The van der Waals surface area contributed by atoms with Gasteiger partial charge >= 0.3 is 0 Å². The first-order valence-corrected chi connectivity index (χ1v) is 6.70. The molecule has 0 aliphatic carbocycles. The first-order valence-electron chi connectivity index (χ1n) is 5.90. The van der Waals surface area contributed by atoms with Gasteiger partial charge in [-0.25, -0.2) is 0 Å². The van der Waals surface area contributed by atoms with E-state index in [1.165, 1.54) is 5.69 Å². The Morgan fingerprint density at radius 1 is 1.29 bits per heavy atom. The van der Waals surface area contributed by atoms with E-state index in [9.17, 15) is 0 Å². The SMILES string of the molecule is COCCOC1CCN(c2ccc(Br)cc2)C1. The molecule has 3 nitrogen and oxygen atoms in total. The third-order valence-electron chi connectivity index (χ3n) is 2.98. The molecule has 4 heteroatoms. The predicted molar refractivity (Wildman–Crippen MR) is 72.6 cm³/mol. The fraction of sp³-hybridized carbons (Fsp3) is 0.538. The number of hydrogen-bond donors (Lipinski definition) is 0. The number of methoxy groups -OCH3 is 1. The van der Waals surface area contributed by atoms with Crippen LogP contribution in [0.1, 0.15) is 6.42 Å². The molecule has 1 heterocycles. The third kappa shape index (κ3) is 3.69. The zero-order chi connectivity index (χ0) is 12.1. The maximum Gasteiger partial charge on any atom is 0.0767 e. The van der Waals surface area contributed by atoms with Crippen LogP contribution in [0.25, 0.3) is 0 Å². The lowest BCUT2D eigenvalue weighted by atomic mass is 10.3. The van der Waals surface area contributed by atoms with Crippen LogP contribution < -0.4 is 4.90 Å². The summed E-state index contributed by atoms with van der Waals surface area (Å²) in [5.74, 6) is 0. The Morgan fingerprint density at radius 3 is 2.76 bits per heavy atom. The smallest absolute Gasteiger partial charge is 0.0767 e. The van der Waals surface area contributed by atoms with Crippen LogP contribution in [0.15, 0.2) is 28.7 Å². The molecule has 1 aromatic carbocycles. The van der Waals surface area contributed by atoms with E-state index >= 15 is 0 Å². The van der Waals surface area contributed by atoms with Gasteiger partial charge in [0.2, 0.25) is 0 Å². The monoisotopic (exact) mass is 299 g/mol. The topological polar surface area (TPSA) is 21.7 Å². The average Bonchev–Trinajstić information content (AvgIpc) is 2.79. The Hall–Kier alpha value is -0.580. The van der Waals surface area contributed by atoms with Crippen molar-refractivity contribution in [2.45, 2.75) is 12.5 Å². The first-order chi connectivity index (χ1) is 8.29. The van der Waals surface area contributed by atoms with E-state index in [0.29, 0.717) is 19.3 Å². The summed E-state index contributed by atoms with van der Waals surface area (Å²) in [4.78, 5) is 2.36. The van der Waals surface area contributed by atoms with Crippen LogP contribution in [-0.2, 0) is 9.47 Å². The molecule has 0 spiro atoms. The number of rotatable bonds is 5. The highest BCUT2D eigenvalue weighted by Gasteiger charge is 2.22. The number of nitrogens with zero attached hydrogens (tertiary/aromatic N) is 1. The van der Waals surface area contributed by atoms with Crippen LogP contribution in [0.2, 0.25) is 0 Å². The molecule has 94 valence electrons. The standard InChI is InChI=1S/C13H18BrNO2/c1-16-8-9-17-13-6-7-15(10-13)12-4-2-11(14)3-5-12/h2-5,13H,6-10H2,1H3. The van der Waals surface area contributed by atoms with Crippen molar-refractivity contribution in [2.75, 3.05) is 38.3 Å². The Labute approximate surface area is 111 Å².